The zero-order valence-corrected chi connectivity index (χ0v) is 11.7. The van der Waals surface area contributed by atoms with Crippen molar-refractivity contribution in [2.75, 3.05) is 12.0 Å². The summed E-state index contributed by atoms with van der Waals surface area (Å²) in [5.74, 6) is -0.0423. The van der Waals surface area contributed by atoms with E-state index in [1.54, 1.807) is 0 Å². The minimum absolute atomic E-state index is 0.205. The number of aryl methyl sites for hydroxylation is 2. The minimum Gasteiger partial charge on any atom is -0.484 e. The molecule has 110 valence electrons. The van der Waals surface area contributed by atoms with E-state index in [2.05, 4.69) is 20.8 Å². The van der Waals surface area contributed by atoms with Gasteiger partial charge in [-0.2, -0.15) is 0 Å². The van der Waals surface area contributed by atoms with Gasteiger partial charge >= 0.3 is 0 Å². The Hall–Kier alpha value is -2.70. The molecule has 1 amide bonds. The van der Waals surface area contributed by atoms with E-state index >= 15 is 0 Å². The van der Waals surface area contributed by atoms with Gasteiger partial charge in [-0.3, -0.25) is 15.6 Å². The van der Waals surface area contributed by atoms with Gasteiger partial charge in [-0.05, 0) is 44.2 Å². The molecule has 1 aromatic carbocycles. The molecule has 0 spiro atoms. The van der Waals surface area contributed by atoms with Gasteiger partial charge in [-0.1, -0.05) is 0 Å². The van der Waals surface area contributed by atoms with Gasteiger partial charge < -0.3 is 4.74 Å². The maximum atomic E-state index is 12.7. The molecule has 0 saturated heterocycles. The van der Waals surface area contributed by atoms with Crippen LogP contribution in [0.5, 0.6) is 5.75 Å². The fourth-order valence-corrected chi connectivity index (χ4v) is 1.62. The molecule has 0 saturated carbocycles. The Morgan fingerprint density at radius 1 is 1.19 bits per heavy atom. The van der Waals surface area contributed by atoms with Gasteiger partial charge in [0.2, 0.25) is 5.95 Å². The number of ether oxygens (including phenoxy) is 1. The van der Waals surface area contributed by atoms with Gasteiger partial charge in [0, 0.05) is 11.4 Å². The van der Waals surface area contributed by atoms with Gasteiger partial charge in [0.25, 0.3) is 5.91 Å². The number of carbonyl (C=O) groups excluding carboxylic acids is 1. The zero-order chi connectivity index (χ0) is 15.2. The van der Waals surface area contributed by atoms with Crippen molar-refractivity contribution < 1.29 is 13.9 Å². The van der Waals surface area contributed by atoms with Crippen molar-refractivity contribution in [1.29, 1.82) is 0 Å². The number of hydrogen-bond acceptors (Lipinski definition) is 5. The molecule has 6 nitrogen and oxygen atoms in total. The van der Waals surface area contributed by atoms with Gasteiger partial charge in [0.15, 0.2) is 6.61 Å². The fourth-order valence-electron chi connectivity index (χ4n) is 1.62. The topological polar surface area (TPSA) is 76.1 Å². The number of amides is 1. The minimum atomic E-state index is -0.401. The predicted octanol–water partition coefficient (Wildman–Crippen LogP) is 1.75. The summed E-state index contributed by atoms with van der Waals surface area (Å²) in [5, 5.41) is 0. The van der Waals surface area contributed by atoms with Crippen LogP contribution >= 0.6 is 0 Å². The standard InChI is InChI=1S/C14H15FN4O2/c1-9-7-10(2)17-14(16-9)19-18-13(20)8-21-12-5-3-11(15)4-6-12/h3-7H,8H2,1-2H3,(H,18,20)(H,16,17,19). The molecule has 0 bridgehead atoms. The summed E-state index contributed by atoms with van der Waals surface area (Å²) in [5.41, 5.74) is 6.62. The molecule has 0 aliphatic rings. The molecule has 0 unspecified atom stereocenters. The van der Waals surface area contributed by atoms with Gasteiger partial charge in [0.05, 0.1) is 0 Å². The molecule has 0 radical (unpaired) electrons. The summed E-state index contributed by atoms with van der Waals surface area (Å²) in [6.45, 7) is 3.46. The molecule has 1 heterocycles. The van der Waals surface area contributed by atoms with Crippen molar-refractivity contribution in [1.82, 2.24) is 15.4 Å². The number of hydrazine groups is 1. The van der Waals surface area contributed by atoms with Crippen LogP contribution in [0.25, 0.3) is 0 Å². The molecule has 0 fully saturated rings. The van der Waals surface area contributed by atoms with Crippen LogP contribution in [0.15, 0.2) is 30.3 Å². The Balaban J connectivity index is 1.80. The Bertz CT molecular complexity index is 611. The largest absolute Gasteiger partial charge is 0.484 e. The molecule has 1 aromatic heterocycles. The molecule has 7 heteroatoms. The van der Waals surface area contributed by atoms with Crippen molar-refractivity contribution >= 4 is 11.9 Å². The van der Waals surface area contributed by atoms with Crippen LogP contribution < -0.4 is 15.6 Å². The first-order valence-electron chi connectivity index (χ1n) is 6.28. The van der Waals surface area contributed by atoms with Gasteiger partial charge in [-0.15, -0.1) is 0 Å². The summed E-state index contributed by atoms with van der Waals surface area (Å²) in [7, 11) is 0. The third-order valence-corrected chi connectivity index (χ3v) is 2.48. The van der Waals surface area contributed by atoms with Crippen LogP contribution in [0.3, 0.4) is 0 Å². The van der Waals surface area contributed by atoms with Crippen LogP contribution in [0.1, 0.15) is 11.4 Å². The zero-order valence-electron chi connectivity index (χ0n) is 11.7. The van der Waals surface area contributed by atoms with Crippen LogP contribution in [-0.2, 0) is 4.79 Å². The number of halogens is 1. The maximum absolute atomic E-state index is 12.7. The fraction of sp³-hybridized carbons (Fsp3) is 0.214. The molecule has 2 aromatic rings. The Labute approximate surface area is 121 Å². The van der Waals surface area contributed by atoms with E-state index in [9.17, 15) is 9.18 Å². The van der Waals surface area contributed by atoms with Gasteiger partial charge in [-0.25, -0.2) is 14.4 Å². The van der Waals surface area contributed by atoms with Gasteiger partial charge in [0.1, 0.15) is 11.6 Å². The van der Waals surface area contributed by atoms with E-state index in [1.807, 2.05) is 19.9 Å². The smallest absolute Gasteiger partial charge is 0.276 e. The van der Waals surface area contributed by atoms with Crippen LogP contribution in [-0.4, -0.2) is 22.5 Å². The van der Waals surface area contributed by atoms with E-state index in [1.165, 1.54) is 24.3 Å². The summed E-state index contributed by atoms with van der Waals surface area (Å²) >= 11 is 0. The van der Waals surface area contributed by atoms with E-state index in [0.717, 1.165) is 11.4 Å². The molecular formula is C14H15FN4O2. The molecule has 2 rings (SSSR count). The molecular weight excluding hydrogens is 275 g/mol. The Kier molecular flexibility index (Phi) is 4.65. The lowest BCUT2D eigenvalue weighted by Crippen LogP contribution is -2.34. The SMILES string of the molecule is Cc1cc(C)nc(NNC(=O)COc2ccc(F)cc2)n1. The Morgan fingerprint density at radius 3 is 2.43 bits per heavy atom. The predicted molar refractivity (Wildman–Crippen MR) is 75.2 cm³/mol. The third-order valence-electron chi connectivity index (χ3n) is 2.48. The van der Waals surface area contributed by atoms with Crippen LogP contribution in [0.2, 0.25) is 0 Å². The lowest BCUT2D eigenvalue weighted by atomic mass is 10.3. The summed E-state index contributed by atoms with van der Waals surface area (Å²) in [6.07, 6.45) is 0. The van der Waals surface area contributed by atoms with Crippen molar-refractivity contribution in [3.05, 3.63) is 47.5 Å². The number of nitrogens with zero attached hydrogens (tertiary/aromatic N) is 2. The summed E-state index contributed by atoms with van der Waals surface area (Å²) in [4.78, 5) is 19.8. The van der Waals surface area contributed by atoms with E-state index < -0.39 is 5.91 Å². The number of carbonyl (C=O) groups is 1. The number of hydrogen-bond donors (Lipinski definition) is 2. The second-order valence-corrected chi connectivity index (χ2v) is 4.39. The summed E-state index contributed by atoms with van der Waals surface area (Å²) in [6, 6.07) is 7.24. The maximum Gasteiger partial charge on any atom is 0.276 e. The second-order valence-electron chi connectivity index (χ2n) is 4.39. The van der Waals surface area contributed by atoms with Crippen molar-refractivity contribution in [3.63, 3.8) is 0 Å². The average Bonchev–Trinajstić information content (AvgIpc) is 2.43. The highest BCUT2D eigenvalue weighted by molar-refractivity contribution is 5.78. The van der Waals surface area contributed by atoms with E-state index in [-0.39, 0.29) is 12.4 Å². The van der Waals surface area contributed by atoms with E-state index in [0.29, 0.717) is 11.7 Å². The van der Waals surface area contributed by atoms with E-state index in [4.69, 9.17) is 4.74 Å². The first-order chi connectivity index (χ1) is 10.0. The van der Waals surface area contributed by atoms with Crippen molar-refractivity contribution in [2.24, 2.45) is 0 Å². The molecule has 0 aliphatic carbocycles. The average molecular weight is 290 g/mol. The van der Waals surface area contributed by atoms with Crippen LogP contribution in [0, 0.1) is 19.7 Å². The highest BCUT2D eigenvalue weighted by atomic mass is 19.1. The van der Waals surface area contributed by atoms with Crippen LogP contribution in [0.4, 0.5) is 10.3 Å². The first kappa shape index (κ1) is 14.7. The summed E-state index contributed by atoms with van der Waals surface area (Å²) < 4.78 is 17.9. The Morgan fingerprint density at radius 2 is 1.81 bits per heavy atom. The van der Waals surface area contributed by atoms with Crippen molar-refractivity contribution in [3.8, 4) is 5.75 Å². The molecule has 21 heavy (non-hydrogen) atoms. The lowest BCUT2D eigenvalue weighted by Gasteiger charge is -2.09. The molecule has 0 atom stereocenters. The lowest BCUT2D eigenvalue weighted by molar-refractivity contribution is -0.122. The number of benzene rings is 1. The highest BCUT2D eigenvalue weighted by Gasteiger charge is 2.04. The molecule has 2 N–H and O–H groups in total. The number of aromatic nitrogens is 2. The number of nitrogens with one attached hydrogen (secondary N) is 2. The number of rotatable bonds is 5. The van der Waals surface area contributed by atoms with Crippen molar-refractivity contribution in [2.45, 2.75) is 13.8 Å². The highest BCUT2D eigenvalue weighted by Crippen LogP contribution is 2.10. The second kappa shape index (κ2) is 6.65. The third kappa shape index (κ3) is 4.72. The number of anilines is 1. The molecule has 0 aliphatic heterocycles. The quantitative estimate of drug-likeness (QED) is 0.821. The first-order valence-corrected chi connectivity index (χ1v) is 6.28. The normalized spacial score (nSPS) is 10.0. The monoisotopic (exact) mass is 290 g/mol.